The molecule has 0 saturated heterocycles. The van der Waals surface area contributed by atoms with Gasteiger partial charge in [0.25, 0.3) is 0 Å². The second-order valence-corrected chi connectivity index (χ2v) is 8.66. The van der Waals surface area contributed by atoms with E-state index in [-0.39, 0.29) is 4.90 Å². The van der Waals surface area contributed by atoms with Gasteiger partial charge in [0.15, 0.2) is 9.84 Å². The van der Waals surface area contributed by atoms with Crippen molar-refractivity contribution in [1.82, 2.24) is 0 Å². The molecule has 0 aliphatic heterocycles. The molecule has 0 aromatic heterocycles. The average molecular weight is 374 g/mol. The Balaban J connectivity index is 2.05. The Bertz CT molecular complexity index is 946. The molecule has 128 valence electrons. The van der Waals surface area contributed by atoms with Gasteiger partial charge in [-0.15, -0.1) is 0 Å². The number of sulfone groups is 1. The normalized spacial score (nSPS) is 25.2. The highest BCUT2D eigenvalue weighted by atomic mass is 35.5. The molecule has 6 heteroatoms. The standard InChI is InChI=1S/C19H16ClNO3S/c1-2-13-3-5-14(6-4-13)17-18(19(17,11-21)12-22)25(23,24)16-9-7-15(20)8-10-16/h3-10,12,17-18H,2H2,1H3/t17-,18+,19-/m1/s1. The van der Waals surface area contributed by atoms with Crippen molar-refractivity contribution in [2.24, 2.45) is 5.41 Å². The maximum Gasteiger partial charge on any atom is 0.183 e. The van der Waals surface area contributed by atoms with E-state index in [0.717, 1.165) is 12.0 Å². The summed E-state index contributed by atoms with van der Waals surface area (Å²) in [6, 6.07) is 15.1. The minimum absolute atomic E-state index is 0.0658. The zero-order valence-electron chi connectivity index (χ0n) is 13.5. The molecule has 0 bridgehead atoms. The van der Waals surface area contributed by atoms with E-state index in [9.17, 15) is 18.5 Å². The Morgan fingerprint density at radius 3 is 2.24 bits per heavy atom. The molecule has 0 N–H and O–H groups in total. The molecule has 1 aliphatic carbocycles. The lowest BCUT2D eigenvalue weighted by atomic mass is 10.0. The summed E-state index contributed by atoms with van der Waals surface area (Å²) < 4.78 is 26.0. The van der Waals surface area contributed by atoms with Crippen LogP contribution in [-0.4, -0.2) is 20.0 Å². The summed E-state index contributed by atoms with van der Waals surface area (Å²) in [4.78, 5) is 11.7. The fourth-order valence-electron chi connectivity index (χ4n) is 3.29. The number of nitriles is 1. The van der Waals surface area contributed by atoms with Crippen molar-refractivity contribution < 1.29 is 13.2 Å². The fraction of sp³-hybridized carbons (Fsp3) is 0.263. The van der Waals surface area contributed by atoms with Crippen LogP contribution in [0.5, 0.6) is 0 Å². The van der Waals surface area contributed by atoms with Crippen molar-refractivity contribution in [3.8, 4) is 6.07 Å². The van der Waals surface area contributed by atoms with Crippen LogP contribution >= 0.6 is 11.6 Å². The van der Waals surface area contributed by atoms with E-state index < -0.39 is 26.4 Å². The summed E-state index contributed by atoms with van der Waals surface area (Å²) in [6.07, 6.45) is 1.33. The third-order valence-corrected chi connectivity index (χ3v) is 7.30. The molecule has 0 radical (unpaired) electrons. The lowest BCUT2D eigenvalue weighted by molar-refractivity contribution is -0.110. The van der Waals surface area contributed by atoms with Crippen LogP contribution in [0, 0.1) is 16.7 Å². The largest absolute Gasteiger partial charge is 0.302 e. The van der Waals surface area contributed by atoms with E-state index in [0.29, 0.717) is 16.9 Å². The Kier molecular flexibility index (Phi) is 4.44. The minimum Gasteiger partial charge on any atom is -0.302 e. The number of aryl methyl sites for hydroxylation is 1. The van der Waals surface area contributed by atoms with Crippen molar-refractivity contribution in [3.63, 3.8) is 0 Å². The van der Waals surface area contributed by atoms with E-state index >= 15 is 0 Å². The van der Waals surface area contributed by atoms with Gasteiger partial charge in [-0.3, -0.25) is 0 Å². The van der Waals surface area contributed by atoms with Crippen LogP contribution in [0.25, 0.3) is 0 Å². The number of hydrogen-bond acceptors (Lipinski definition) is 4. The van der Waals surface area contributed by atoms with Gasteiger partial charge >= 0.3 is 0 Å². The van der Waals surface area contributed by atoms with E-state index in [1.807, 2.05) is 25.1 Å². The molecule has 1 fully saturated rings. The van der Waals surface area contributed by atoms with Crippen LogP contribution in [0.3, 0.4) is 0 Å². The zero-order valence-corrected chi connectivity index (χ0v) is 15.1. The Labute approximate surface area is 152 Å². The number of carbonyl (C=O) groups excluding carboxylic acids is 1. The van der Waals surface area contributed by atoms with Crippen molar-refractivity contribution in [2.75, 3.05) is 0 Å². The molecule has 0 amide bonds. The van der Waals surface area contributed by atoms with Gasteiger partial charge in [0.2, 0.25) is 0 Å². The van der Waals surface area contributed by atoms with Gasteiger partial charge in [0, 0.05) is 10.9 Å². The van der Waals surface area contributed by atoms with Crippen LogP contribution in [0.2, 0.25) is 5.02 Å². The third-order valence-electron chi connectivity index (χ3n) is 4.79. The van der Waals surface area contributed by atoms with Crippen LogP contribution in [-0.2, 0) is 21.1 Å². The molecule has 4 nitrogen and oxygen atoms in total. The van der Waals surface area contributed by atoms with E-state index in [4.69, 9.17) is 11.6 Å². The predicted molar refractivity (Wildman–Crippen MR) is 95.1 cm³/mol. The summed E-state index contributed by atoms with van der Waals surface area (Å²) in [6.45, 7) is 2.02. The molecule has 2 aromatic rings. The minimum atomic E-state index is -3.84. The smallest absolute Gasteiger partial charge is 0.183 e. The van der Waals surface area contributed by atoms with Gasteiger partial charge in [-0.25, -0.2) is 8.42 Å². The quantitative estimate of drug-likeness (QED) is 0.751. The van der Waals surface area contributed by atoms with Gasteiger partial charge < -0.3 is 4.79 Å². The van der Waals surface area contributed by atoms with Crippen molar-refractivity contribution in [2.45, 2.75) is 29.4 Å². The number of rotatable bonds is 5. The lowest BCUT2D eigenvalue weighted by Crippen LogP contribution is -2.16. The first-order chi connectivity index (χ1) is 11.9. The number of hydrogen-bond donors (Lipinski definition) is 0. The highest BCUT2D eigenvalue weighted by Crippen LogP contribution is 2.62. The van der Waals surface area contributed by atoms with Gasteiger partial charge in [-0.05, 0) is 41.8 Å². The molecule has 3 rings (SSSR count). The fourth-order valence-corrected chi connectivity index (χ4v) is 5.66. The molecule has 0 heterocycles. The van der Waals surface area contributed by atoms with E-state index in [1.54, 1.807) is 12.1 Å². The third kappa shape index (κ3) is 2.76. The SMILES string of the molecule is CCc1ccc([C@@H]2[C@H](S(=O)(=O)c3ccc(Cl)cc3)[C@]2(C#N)C=O)cc1. The van der Waals surface area contributed by atoms with Crippen molar-refractivity contribution in [3.05, 3.63) is 64.7 Å². The number of aldehydes is 1. The lowest BCUT2D eigenvalue weighted by Gasteiger charge is -2.05. The topological polar surface area (TPSA) is 75.0 Å². The maximum absolute atomic E-state index is 13.0. The second kappa shape index (κ2) is 6.29. The molecule has 0 spiro atoms. The summed E-state index contributed by atoms with van der Waals surface area (Å²) in [5.74, 6) is -0.665. The number of benzene rings is 2. The molecule has 3 atom stereocenters. The summed E-state index contributed by atoms with van der Waals surface area (Å²) in [5.41, 5.74) is 0.246. The Hall–Kier alpha value is -2.16. The predicted octanol–water partition coefficient (Wildman–Crippen LogP) is 3.55. The zero-order chi connectivity index (χ0) is 18.2. The first-order valence-corrected chi connectivity index (χ1v) is 9.79. The van der Waals surface area contributed by atoms with Crippen LogP contribution < -0.4 is 0 Å². The number of halogens is 1. The summed E-state index contributed by atoms with van der Waals surface area (Å²) in [5, 5.41) is 8.88. The molecule has 1 aliphatic rings. The van der Waals surface area contributed by atoms with Gasteiger partial charge in [-0.2, -0.15) is 5.26 Å². The average Bonchev–Trinajstić information content (AvgIpc) is 3.33. The molecular weight excluding hydrogens is 358 g/mol. The monoisotopic (exact) mass is 373 g/mol. The molecular formula is C19H16ClNO3S. The number of carbonyl (C=O) groups is 1. The number of nitrogens with zero attached hydrogens (tertiary/aromatic N) is 1. The summed E-state index contributed by atoms with van der Waals surface area (Å²) >= 11 is 5.82. The van der Waals surface area contributed by atoms with Crippen LogP contribution in [0.1, 0.15) is 24.0 Å². The molecule has 2 aromatic carbocycles. The Morgan fingerprint density at radius 2 is 1.76 bits per heavy atom. The first kappa shape index (κ1) is 17.7. The van der Waals surface area contributed by atoms with Crippen molar-refractivity contribution >= 4 is 27.7 Å². The van der Waals surface area contributed by atoms with Crippen molar-refractivity contribution in [1.29, 1.82) is 5.26 Å². The maximum atomic E-state index is 13.0. The molecule has 0 unspecified atom stereocenters. The molecule has 1 saturated carbocycles. The Morgan fingerprint density at radius 1 is 1.16 bits per heavy atom. The highest BCUT2D eigenvalue weighted by molar-refractivity contribution is 7.92. The molecule has 25 heavy (non-hydrogen) atoms. The van der Waals surface area contributed by atoms with Gasteiger partial charge in [0.05, 0.1) is 11.0 Å². The first-order valence-electron chi connectivity index (χ1n) is 7.86. The van der Waals surface area contributed by atoms with Crippen LogP contribution in [0.15, 0.2) is 53.4 Å². The van der Waals surface area contributed by atoms with Gasteiger partial charge in [0.1, 0.15) is 17.0 Å². The van der Waals surface area contributed by atoms with Crippen LogP contribution in [0.4, 0.5) is 0 Å². The summed E-state index contributed by atoms with van der Waals surface area (Å²) in [7, 11) is -3.84. The second-order valence-electron chi connectivity index (χ2n) is 6.16. The van der Waals surface area contributed by atoms with E-state index in [2.05, 4.69) is 0 Å². The highest BCUT2D eigenvalue weighted by Gasteiger charge is 2.72. The van der Waals surface area contributed by atoms with Gasteiger partial charge in [-0.1, -0.05) is 42.8 Å². The van der Waals surface area contributed by atoms with E-state index in [1.165, 1.54) is 24.3 Å².